The summed E-state index contributed by atoms with van der Waals surface area (Å²) in [7, 11) is 1.58. The van der Waals surface area contributed by atoms with Gasteiger partial charge < -0.3 is 20.7 Å². The third kappa shape index (κ3) is 5.71. The van der Waals surface area contributed by atoms with E-state index < -0.39 is 0 Å². The molecular formula is C14H21N3O3. The Morgan fingerprint density at radius 3 is 2.40 bits per heavy atom. The topological polar surface area (TPSA) is 79.5 Å². The molecule has 0 unspecified atom stereocenters. The number of benzene rings is 1. The monoisotopic (exact) mass is 279 g/mol. The van der Waals surface area contributed by atoms with E-state index in [0.29, 0.717) is 24.4 Å². The predicted molar refractivity (Wildman–Crippen MR) is 77.9 cm³/mol. The summed E-state index contributed by atoms with van der Waals surface area (Å²) in [6.07, 6.45) is 0. The Bertz CT molecular complexity index is 443. The standard InChI is InChI=1S/C14H21N3O3/c1-10(2)16-14(19)17-12-6-4-11(5-7-12)13(18)15-8-9-20-3/h4-7,10H,8-9H2,1-3H3,(H,15,18)(H2,16,17,19). The smallest absolute Gasteiger partial charge is 0.319 e. The van der Waals surface area contributed by atoms with E-state index in [1.807, 2.05) is 13.8 Å². The Kier molecular flexibility index (Phi) is 6.52. The molecule has 0 fully saturated rings. The van der Waals surface area contributed by atoms with Crippen molar-refractivity contribution in [1.82, 2.24) is 10.6 Å². The van der Waals surface area contributed by atoms with Gasteiger partial charge in [-0.2, -0.15) is 0 Å². The average Bonchev–Trinajstić information content (AvgIpc) is 2.38. The molecule has 0 saturated heterocycles. The quantitative estimate of drug-likeness (QED) is 0.692. The molecule has 0 aliphatic rings. The van der Waals surface area contributed by atoms with Gasteiger partial charge in [0.1, 0.15) is 0 Å². The van der Waals surface area contributed by atoms with Gasteiger partial charge in [-0.1, -0.05) is 0 Å². The first-order valence-electron chi connectivity index (χ1n) is 6.47. The lowest BCUT2D eigenvalue weighted by atomic mass is 10.2. The fourth-order valence-electron chi connectivity index (χ4n) is 1.50. The number of rotatable bonds is 6. The maximum absolute atomic E-state index is 11.7. The van der Waals surface area contributed by atoms with E-state index >= 15 is 0 Å². The van der Waals surface area contributed by atoms with Crippen molar-refractivity contribution in [1.29, 1.82) is 0 Å². The van der Waals surface area contributed by atoms with Gasteiger partial charge in [-0.05, 0) is 38.1 Å². The number of ether oxygens (including phenoxy) is 1. The molecule has 6 heteroatoms. The molecule has 110 valence electrons. The second kappa shape index (κ2) is 8.16. The first-order chi connectivity index (χ1) is 9.52. The Morgan fingerprint density at radius 2 is 1.85 bits per heavy atom. The van der Waals surface area contributed by atoms with Gasteiger partial charge in [0.05, 0.1) is 6.61 Å². The molecular weight excluding hydrogens is 258 g/mol. The van der Waals surface area contributed by atoms with Gasteiger partial charge in [0.25, 0.3) is 5.91 Å². The van der Waals surface area contributed by atoms with Crippen LogP contribution in [0.1, 0.15) is 24.2 Å². The molecule has 3 amide bonds. The number of hydrogen-bond donors (Lipinski definition) is 3. The van der Waals surface area contributed by atoms with Crippen LogP contribution in [0.2, 0.25) is 0 Å². The zero-order valence-electron chi connectivity index (χ0n) is 12.0. The Balaban J connectivity index is 2.51. The van der Waals surface area contributed by atoms with Gasteiger partial charge in [0, 0.05) is 30.9 Å². The summed E-state index contributed by atoms with van der Waals surface area (Å²) < 4.78 is 4.85. The average molecular weight is 279 g/mol. The van der Waals surface area contributed by atoms with Crippen LogP contribution in [0.25, 0.3) is 0 Å². The number of nitrogens with one attached hydrogen (secondary N) is 3. The second-order valence-electron chi connectivity index (χ2n) is 4.58. The highest BCUT2D eigenvalue weighted by atomic mass is 16.5. The lowest BCUT2D eigenvalue weighted by Gasteiger charge is -2.10. The van der Waals surface area contributed by atoms with Crippen LogP contribution in [0, 0.1) is 0 Å². The largest absolute Gasteiger partial charge is 0.383 e. The van der Waals surface area contributed by atoms with Gasteiger partial charge >= 0.3 is 6.03 Å². The summed E-state index contributed by atoms with van der Waals surface area (Å²) in [5, 5.41) is 8.13. The minimum absolute atomic E-state index is 0.0702. The van der Waals surface area contributed by atoms with Crippen LogP contribution in [-0.4, -0.2) is 38.2 Å². The predicted octanol–water partition coefficient (Wildman–Crippen LogP) is 1.59. The Hall–Kier alpha value is -2.08. The molecule has 3 N–H and O–H groups in total. The van der Waals surface area contributed by atoms with E-state index in [-0.39, 0.29) is 18.0 Å². The number of carbonyl (C=O) groups excluding carboxylic acids is 2. The number of methoxy groups -OCH3 is 1. The molecule has 1 aromatic carbocycles. The van der Waals surface area contributed by atoms with E-state index in [1.54, 1.807) is 31.4 Å². The molecule has 1 rings (SSSR count). The number of hydrogen-bond acceptors (Lipinski definition) is 3. The molecule has 0 heterocycles. The van der Waals surface area contributed by atoms with Crippen LogP contribution in [0.3, 0.4) is 0 Å². The van der Waals surface area contributed by atoms with E-state index in [9.17, 15) is 9.59 Å². The fraction of sp³-hybridized carbons (Fsp3) is 0.429. The van der Waals surface area contributed by atoms with Crippen molar-refractivity contribution < 1.29 is 14.3 Å². The minimum atomic E-state index is -0.266. The Labute approximate surface area is 118 Å². The van der Waals surface area contributed by atoms with Crippen molar-refractivity contribution in [3.05, 3.63) is 29.8 Å². The SMILES string of the molecule is COCCNC(=O)c1ccc(NC(=O)NC(C)C)cc1. The summed E-state index contributed by atoms with van der Waals surface area (Å²) >= 11 is 0. The lowest BCUT2D eigenvalue weighted by molar-refractivity contribution is 0.0937. The van der Waals surface area contributed by atoms with Crippen molar-refractivity contribution in [3.63, 3.8) is 0 Å². The summed E-state index contributed by atoms with van der Waals surface area (Å²) in [5.74, 6) is -0.166. The zero-order valence-corrected chi connectivity index (χ0v) is 12.0. The molecule has 20 heavy (non-hydrogen) atoms. The number of anilines is 1. The van der Waals surface area contributed by atoms with Crippen LogP contribution in [0.5, 0.6) is 0 Å². The maximum Gasteiger partial charge on any atom is 0.319 e. The third-order valence-electron chi connectivity index (χ3n) is 2.42. The van der Waals surface area contributed by atoms with Crippen molar-refractivity contribution in [2.24, 2.45) is 0 Å². The molecule has 0 bridgehead atoms. The van der Waals surface area contributed by atoms with E-state index in [1.165, 1.54) is 0 Å². The lowest BCUT2D eigenvalue weighted by Crippen LogP contribution is -2.34. The van der Waals surface area contributed by atoms with Crippen molar-refractivity contribution in [2.45, 2.75) is 19.9 Å². The normalized spacial score (nSPS) is 10.2. The molecule has 0 aliphatic carbocycles. The molecule has 1 aromatic rings. The summed E-state index contributed by atoms with van der Waals surface area (Å²) in [5.41, 5.74) is 1.17. The van der Waals surface area contributed by atoms with Crippen molar-refractivity contribution in [2.75, 3.05) is 25.6 Å². The van der Waals surface area contributed by atoms with Gasteiger partial charge in [0.15, 0.2) is 0 Å². The molecule has 0 atom stereocenters. The van der Waals surface area contributed by atoms with Crippen LogP contribution in [0.4, 0.5) is 10.5 Å². The molecule has 6 nitrogen and oxygen atoms in total. The van der Waals surface area contributed by atoms with Crippen LogP contribution < -0.4 is 16.0 Å². The van der Waals surface area contributed by atoms with Crippen molar-refractivity contribution in [3.8, 4) is 0 Å². The molecule has 0 spiro atoms. The molecule has 0 saturated carbocycles. The summed E-state index contributed by atoms with van der Waals surface area (Å²) in [6, 6.07) is 6.49. The van der Waals surface area contributed by atoms with Gasteiger partial charge in [-0.15, -0.1) is 0 Å². The Morgan fingerprint density at radius 1 is 1.20 bits per heavy atom. The first kappa shape index (κ1) is 16.0. The second-order valence-corrected chi connectivity index (χ2v) is 4.58. The van der Waals surface area contributed by atoms with Gasteiger partial charge in [-0.25, -0.2) is 4.79 Å². The molecule has 0 radical (unpaired) electrons. The van der Waals surface area contributed by atoms with Gasteiger partial charge in [0.2, 0.25) is 0 Å². The summed E-state index contributed by atoms with van der Waals surface area (Å²) in [4.78, 5) is 23.2. The van der Waals surface area contributed by atoms with Crippen LogP contribution >= 0.6 is 0 Å². The minimum Gasteiger partial charge on any atom is -0.383 e. The van der Waals surface area contributed by atoms with E-state index in [0.717, 1.165) is 0 Å². The van der Waals surface area contributed by atoms with Crippen LogP contribution in [-0.2, 0) is 4.74 Å². The van der Waals surface area contributed by atoms with E-state index in [4.69, 9.17) is 4.74 Å². The molecule has 0 aliphatic heterocycles. The van der Waals surface area contributed by atoms with Crippen LogP contribution in [0.15, 0.2) is 24.3 Å². The summed E-state index contributed by atoms with van der Waals surface area (Å²) in [6.45, 7) is 4.70. The zero-order chi connectivity index (χ0) is 15.0. The highest BCUT2D eigenvalue weighted by molar-refractivity contribution is 5.95. The van der Waals surface area contributed by atoms with Gasteiger partial charge in [-0.3, -0.25) is 4.79 Å². The third-order valence-corrected chi connectivity index (χ3v) is 2.42. The maximum atomic E-state index is 11.7. The van der Waals surface area contributed by atoms with Crippen molar-refractivity contribution >= 4 is 17.6 Å². The fourth-order valence-corrected chi connectivity index (χ4v) is 1.50. The number of amides is 3. The highest BCUT2D eigenvalue weighted by Crippen LogP contribution is 2.09. The number of carbonyl (C=O) groups is 2. The van der Waals surface area contributed by atoms with E-state index in [2.05, 4.69) is 16.0 Å². The highest BCUT2D eigenvalue weighted by Gasteiger charge is 2.06. The number of urea groups is 1. The first-order valence-corrected chi connectivity index (χ1v) is 6.47. The molecule has 0 aromatic heterocycles.